The maximum atomic E-state index is 14.5. The predicted octanol–water partition coefficient (Wildman–Crippen LogP) is 4.56. The third-order valence-corrected chi connectivity index (χ3v) is 7.39. The van der Waals surface area contributed by atoms with Crippen LogP contribution in [0.4, 0.5) is 13.2 Å². The van der Waals surface area contributed by atoms with Gasteiger partial charge in [0.25, 0.3) is 5.91 Å². The highest BCUT2D eigenvalue weighted by atomic mass is 19.1. The Labute approximate surface area is 214 Å². The molecule has 38 heavy (non-hydrogen) atoms. The van der Waals surface area contributed by atoms with Crippen LogP contribution in [0.2, 0.25) is 0 Å². The number of halogens is 3. The van der Waals surface area contributed by atoms with E-state index in [-0.39, 0.29) is 23.5 Å². The molecule has 190 valence electrons. The summed E-state index contributed by atoms with van der Waals surface area (Å²) in [6, 6.07) is 10.3. The van der Waals surface area contributed by atoms with Gasteiger partial charge in [-0.1, -0.05) is 0 Å². The van der Waals surface area contributed by atoms with Crippen LogP contribution >= 0.6 is 0 Å². The summed E-state index contributed by atoms with van der Waals surface area (Å²) in [5, 5.41) is 7.07. The largest absolute Gasteiger partial charge is 0.347 e. The Balaban J connectivity index is 1.10. The first-order valence-electron chi connectivity index (χ1n) is 12.1. The first kappa shape index (κ1) is 22.6. The summed E-state index contributed by atoms with van der Waals surface area (Å²) < 4.78 is 43.3. The highest BCUT2D eigenvalue weighted by Crippen LogP contribution is 2.69. The average molecular weight is 515 g/mol. The van der Waals surface area contributed by atoms with Gasteiger partial charge in [0.1, 0.15) is 35.0 Å². The van der Waals surface area contributed by atoms with Crippen molar-refractivity contribution in [3.05, 3.63) is 89.9 Å². The molecule has 0 aliphatic heterocycles. The number of nitrogens with one attached hydrogen (secondary N) is 2. The van der Waals surface area contributed by atoms with Crippen molar-refractivity contribution in [3.8, 4) is 16.8 Å². The number of benzene rings is 2. The van der Waals surface area contributed by atoms with Crippen LogP contribution < -0.4 is 5.32 Å². The van der Waals surface area contributed by atoms with Crippen LogP contribution in [0.15, 0.2) is 61.2 Å². The third-order valence-electron chi connectivity index (χ3n) is 7.39. The van der Waals surface area contributed by atoms with Crippen molar-refractivity contribution in [1.29, 1.82) is 0 Å². The van der Waals surface area contributed by atoms with E-state index in [1.54, 1.807) is 35.3 Å². The summed E-state index contributed by atoms with van der Waals surface area (Å²) in [6.07, 6.45) is 5.86. The van der Waals surface area contributed by atoms with E-state index in [1.807, 2.05) is 0 Å². The van der Waals surface area contributed by atoms with E-state index in [1.165, 1.54) is 30.6 Å². The maximum Gasteiger partial charge on any atom is 0.272 e. The van der Waals surface area contributed by atoms with Gasteiger partial charge >= 0.3 is 0 Å². The molecule has 0 spiro atoms. The Kier molecular flexibility index (Phi) is 4.75. The highest BCUT2D eigenvalue weighted by molar-refractivity contribution is 6.02. The number of amides is 1. The van der Waals surface area contributed by atoms with Gasteiger partial charge in [-0.3, -0.25) is 4.79 Å². The van der Waals surface area contributed by atoms with E-state index < -0.39 is 17.4 Å². The standard InChI is InChI=1S/C27H20F3N7O/c28-18-1-3-20(4-2-18)37-10-17(9-34-37)16-5-15(6-19(29)7-16)8-31-24(38)22-21-23(33-14-32-22)36-25(35-21)26-11-27(30,12-26)13-26/h1-7,9-10,14H,8,11-13H2,(H,31,38)(H,32,33,35,36). The van der Waals surface area contributed by atoms with Crippen molar-refractivity contribution in [1.82, 2.24) is 35.0 Å². The minimum Gasteiger partial charge on any atom is -0.347 e. The molecule has 11 heteroatoms. The zero-order valence-corrected chi connectivity index (χ0v) is 19.9. The lowest BCUT2D eigenvalue weighted by Gasteiger charge is -2.64. The van der Waals surface area contributed by atoms with Crippen LogP contribution in [0.3, 0.4) is 0 Å². The fourth-order valence-corrected chi connectivity index (χ4v) is 5.56. The number of carbonyl (C=O) groups excluding carboxylic acids is 1. The van der Waals surface area contributed by atoms with E-state index >= 15 is 0 Å². The fraction of sp³-hybridized carbons (Fsp3) is 0.222. The normalized spacial score (nSPS) is 21.7. The van der Waals surface area contributed by atoms with Gasteiger partial charge in [-0.25, -0.2) is 32.8 Å². The zero-order valence-electron chi connectivity index (χ0n) is 19.9. The second-order valence-corrected chi connectivity index (χ2v) is 10.1. The molecule has 2 aromatic carbocycles. The molecule has 3 heterocycles. The van der Waals surface area contributed by atoms with E-state index in [9.17, 15) is 18.0 Å². The second-order valence-electron chi connectivity index (χ2n) is 10.1. The number of fused-ring (bicyclic) bond motifs is 1. The molecule has 2 bridgehead atoms. The van der Waals surface area contributed by atoms with Gasteiger partial charge in [-0.2, -0.15) is 5.10 Å². The number of rotatable bonds is 6. The van der Waals surface area contributed by atoms with Crippen LogP contribution in [-0.4, -0.2) is 41.3 Å². The fourth-order valence-electron chi connectivity index (χ4n) is 5.56. The first-order valence-corrected chi connectivity index (χ1v) is 12.1. The predicted molar refractivity (Wildman–Crippen MR) is 131 cm³/mol. The van der Waals surface area contributed by atoms with Crippen LogP contribution in [0, 0.1) is 11.6 Å². The van der Waals surface area contributed by atoms with Crippen LogP contribution in [-0.2, 0) is 12.0 Å². The Hall–Kier alpha value is -4.54. The summed E-state index contributed by atoms with van der Waals surface area (Å²) in [4.78, 5) is 28.9. The van der Waals surface area contributed by atoms with E-state index in [2.05, 4.69) is 30.4 Å². The van der Waals surface area contributed by atoms with Crippen LogP contribution in [0.25, 0.3) is 28.0 Å². The number of aromatic amines is 1. The smallest absolute Gasteiger partial charge is 0.272 e. The first-order chi connectivity index (χ1) is 18.3. The monoisotopic (exact) mass is 515 g/mol. The number of nitrogens with zero attached hydrogens (tertiary/aromatic N) is 5. The summed E-state index contributed by atoms with van der Waals surface area (Å²) >= 11 is 0. The molecule has 2 N–H and O–H groups in total. The number of hydrogen-bond acceptors (Lipinski definition) is 5. The van der Waals surface area contributed by atoms with Crippen molar-refractivity contribution in [2.45, 2.75) is 36.9 Å². The molecule has 0 radical (unpaired) electrons. The van der Waals surface area contributed by atoms with Gasteiger partial charge in [0.2, 0.25) is 0 Å². The Morgan fingerprint density at radius 2 is 1.82 bits per heavy atom. The Morgan fingerprint density at radius 1 is 1.03 bits per heavy atom. The number of hydrogen-bond donors (Lipinski definition) is 2. The zero-order chi connectivity index (χ0) is 26.1. The minimum absolute atomic E-state index is 0.0521. The summed E-state index contributed by atoms with van der Waals surface area (Å²) in [5.41, 5.74) is 1.93. The third kappa shape index (κ3) is 3.65. The lowest BCUT2D eigenvalue weighted by molar-refractivity contribution is -0.161. The summed E-state index contributed by atoms with van der Waals surface area (Å²) in [6.45, 7) is 0.0521. The second kappa shape index (κ2) is 7.98. The minimum atomic E-state index is -1.08. The van der Waals surface area contributed by atoms with Crippen LogP contribution in [0.5, 0.6) is 0 Å². The number of carbonyl (C=O) groups is 1. The molecular weight excluding hydrogens is 495 g/mol. The number of alkyl halides is 1. The summed E-state index contributed by atoms with van der Waals surface area (Å²) in [5.74, 6) is -0.648. The maximum absolute atomic E-state index is 14.5. The van der Waals surface area contributed by atoms with Gasteiger partial charge in [-0.15, -0.1) is 0 Å². The van der Waals surface area contributed by atoms with Crippen molar-refractivity contribution in [3.63, 3.8) is 0 Å². The molecule has 0 unspecified atom stereocenters. The molecular formula is C27H20F3N7O. The van der Waals surface area contributed by atoms with Gasteiger partial charge in [0.05, 0.1) is 11.9 Å². The number of imidazole rings is 1. The molecule has 1 amide bonds. The SMILES string of the molecule is O=C(NCc1cc(F)cc(-c2cnn(-c3ccc(F)cc3)c2)c1)c1ncnc2nc(C34CC(F)(C3)C4)[nH]c12. The van der Waals surface area contributed by atoms with Crippen LogP contribution in [0.1, 0.15) is 41.1 Å². The molecule has 0 saturated heterocycles. The van der Waals surface area contributed by atoms with Crippen molar-refractivity contribution >= 4 is 17.1 Å². The van der Waals surface area contributed by atoms with Crippen molar-refractivity contribution in [2.75, 3.05) is 0 Å². The molecule has 3 aromatic heterocycles. The Bertz CT molecular complexity index is 1710. The lowest BCUT2D eigenvalue weighted by atomic mass is 9.42. The molecule has 8 nitrogen and oxygen atoms in total. The molecule has 8 rings (SSSR count). The van der Waals surface area contributed by atoms with E-state index in [4.69, 9.17) is 0 Å². The van der Waals surface area contributed by atoms with E-state index in [0.29, 0.717) is 58.6 Å². The van der Waals surface area contributed by atoms with Gasteiger partial charge in [0, 0.05) is 23.7 Å². The average Bonchev–Trinajstić information content (AvgIpc) is 3.52. The number of H-pyrrole nitrogens is 1. The topological polar surface area (TPSA) is 101 Å². The van der Waals surface area contributed by atoms with Gasteiger partial charge in [0.15, 0.2) is 11.3 Å². The van der Waals surface area contributed by atoms with Gasteiger partial charge < -0.3 is 10.3 Å². The molecule has 0 atom stereocenters. The highest BCUT2D eigenvalue weighted by Gasteiger charge is 2.71. The molecule has 3 fully saturated rings. The van der Waals surface area contributed by atoms with Crippen molar-refractivity contribution in [2.24, 2.45) is 0 Å². The molecule has 3 aliphatic carbocycles. The van der Waals surface area contributed by atoms with Crippen molar-refractivity contribution < 1.29 is 18.0 Å². The molecule has 3 saturated carbocycles. The molecule has 3 aliphatic rings. The molecule has 5 aromatic rings. The quantitative estimate of drug-likeness (QED) is 0.345. The van der Waals surface area contributed by atoms with Gasteiger partial charge in [-0.05, 0) is 72.9 Å². The number of aromatic nitrogens is 6. The lowest BCUT2D eigenvalue weighted by Crippen LogP contribution is -2.67. The summed E-state index contributed by atoms with van der Waals surface area (Å²) in [7, 11) is 0. The Morgan fingerprint density at radius 3 is 2.58 bits per heavy atom. The van der Waals surface area contributed by atoms with E-state index in [0.717, 1.165) is 0 Å².